The van der Waals surface area contributed by atoms with Crippen molar-refractivity contribution in [1.29, 1.82) is 0 Å². The summed E-state index contributed by atoms with van der Waals surface area (Å²) in [5.41, 5.74) is 0.612. The molecule has 1 aliphatic rings. The maximum Gasteiger partial charge on any atom is 0.234 e. The molecule has 0 spiro atoms. The summed E-state index contributed by atoms with van der Waals surface area (Å²) in [6.45, 7) is 16.0. The average molecular weight is 282 g/mol. The van der Waals surface area contributed by atoms with Gasteiger partial charge in [-0.2, -0.15) is 0 Å². The van der Waals surface area contributed by atoms with Crippen LogP contribution in [-0.4, -0.2) is 24.0 Å². The van der Waals surface area contributed by atoms with Crippen LogP contribution in [0.25, 0.3) is 0 Å². The lowest BCUT2D eigenvalue weighted by atomic mass is 9.63. The first-order valence-corrected chi connectivity index (χ1v) is 7.99. The lowest BCUT2D eigenvalue weighted by molar-refractivity contribution is -0.122. The largest absolute Gasteiger partial charge is 0.350 e. The molecule has 1 saturated carbocycles. The third-order valence-corrected chi connectivity index (χ3v) is 4.47. The lowest BCUT2D eigenvalue weighted by Crippen LogP contribution is -2.50. The van der Waals surface area contributed by atoms with E-state index in [1.54, 1.807) is 0 Å². The molecule has 1 fully saturated rings. The number of rotatable bonds is 5. The quantitative estimate of drug-likeness (QED) is 0.810. The van der Waals surface area contributed by atoms with E-state index in [9.17, 15) is 4.79 Å². The van der Waals surface area contributed by atoms with Crippen LogP contribution in [0.3, 0.4) is 0 Å². The van der Waals surface area contributed by atoms with Gasteiger partial charge in [-0.05, 0) is 50.4 Å². The minimum atomic E-state index is -0.107. The van der Waals surface area contributed by atoms with E-state index in [1.165, 1.54) is 6.42 Å². The van der Waals surface area contributed by atoms with Crippen molar-refractivity contribution in [3.8, 4) is 0 Å². The zero-order valence-electron chi connectivity index (χ0n) is 14.5. The molecule has 2 N–H and O–H groups in total. The van der Waals surface area contributed by atoms with E-state index in [-0.39, 0.29) is 11.4 Å². The average Bonchev–Trinajstić information content (AvgIpc) is 2.21. The summed E-state index contributed by atoms with van der Waals surface area (Å²) < 4.78 is 0. The molecule has 1 amide bonds. The van der Waals surface area contributed by atoms with Crippen LogP contribution in [0.4, 0.5) is 0 Å². The van der Waals surface area contributed by atoms with Crippen molar-refractivity contribution in [1.82, 2.24) is 10.6 Å². The van der Waals surface area contributed by atoms with E-state index in [2.05, 4.69) is 59.1 Å². The van der Waals surface area contributed by atoms with Crippen LogP contribution in [0.15, 0.2) is 0 Å². The monoisotopic (exact) mass is 282 g/mol. The minimum Gasteiger partial charge on any atom is -0.350 e. The molecule has 0 saturated heterocycles. The molecular formula is C17H34N2O. The van der Waals surface area contributed by atoms with E-state index in [0.717, 1.165) is 19.3 Å². The molecule has 0 atom stereocenters. The molecule has 0 radical (unpaired) electrons. The summed E-state index contributed by atoms with van der Waals surface area (Å²) in [4.78, 5) is 12.0. The number of amides is 1. The summed E-state index contributed by atoms with van der Waals surface area (Å²) in [7, 11) is 0. The summed E-state index contributed by atoms with van der Waals surface area (Å²) in [5.74, 6) is 0.109. The number of hydrogen-bond donors (Lipinski definition) is 2. The number of hydrogen-bond acceptors (Lipinski definition) is 2. The fourth-order valence-electron chi connectivity index (χ4n) is 3.74. The highest BCUT2D eigenvalue weighted by atomic mass is 16.2. The Bertz CT molecular complexity index is 329. The Labute approximate surface area is 125 Å². The Morgan fingerprint density at radius 1 is 1.15 bits per heavy atom. The van der Waals surface area contributed by atoms with Crippen LogP contribution in [0.5, 0.6) is 0 Å². The first kappa shape index (κ1) is 17.5. The zero-order valence-corrected chi connectivity index (χ0v) is 14.5. The molecule has 0 aromatic carbocycles. The number of carbonyl (C=O) groups is 1. The molecule has 0 heterocycles. The van der Waals surface area contributed by atoms with Crippen molar-refractivity contribution >= 4 is 5.91 Å². The second-order valence-electron chi connectivity index (χ2n) is 8.78. The van der Waals surface area contributed by atoms with Gasteiger partial charge < -0.3 is 10.6 Å². The smallest absolute Gasteiger partial charge is 0.234 e. The molecule has 1 aliphatic carbocycles. The SMILES string of the molecule is CCC(C)(C)NC(=O)CNC1CC(C)(C)CC(C)(C)C1. The normalized spacial score (nSPS) is 22.6. The predicted molar refractivity (Wildman–Crippen MR) is 85.7 cm³/mol. The van der Waals surface area contributed by atoms with Crippen molar-refractivity contribution in [2.45, 2.75) is 85.7 Å². The molecule has 0 bridgehead atoms. The van der Waals surface area contributed by atoms with Crippen LogP contribution in [0.1, 0.15) is 74.1 Å². The van der Waals surface area contributed by atoms with Gasteiger partial charge in [-0.3, -0.25) is 4.79 Å². The fourth-order valence-corrected chi connectivity index (χ4v) is 3.74. The van der Waals surface area contributed by atoms with Gasteiger partial charge in [-0.25, -0.2) is 0 Å². The highest BCUT2D eigenvalue weighted by Gasteiger charge is 2.38. The van der Waals surface area contributed by atoms with Gasteiger partial charge >= 0.3 is 0 Å². The van der Waals surface area contributed by atoms with Crippen LogP contribution in [-0.2, 0) is 4.79 Å². The molecule has 1 rings (SSSR count). The summed E-state index contributed by atoms with van der Waals surface area (Å²) in [5, 5.41) is 6.55. The topological polar surface area (TPSA) is 41.1 Å². The van der Waals surface area contributed by atoms with E-state index in [0.29, 0.717) is 23.4 Å². The maximum atomic E-state index is 12.0. The van der Waals surface area contributed by atoms with Crippen molar-refractivity contribution in [2.24, 2.45) is 10.8 Å². The number of carbonyl (C=O) groups excluding carboxylic acids is 1. The summed E-state index contributed by atoms with van der Waals surface area (Å²) in [6, 6.07) is 0.448. The van der Waals surface area contributed by atoms with E-state index < -0.39 is 0 Å². The van der Waals surface area contributed by atoms with Crippen molar-refractivity contribution in [2.75, 3.05) is 6.54 Å². The molecule has 0 aromatic heterocycles. The molecule has 3 heteroatoms. The second-order valence-corrected chi connectivity index (χ2v) is 8.78. The standard InChI is InChI=1S/C17H34N2O/c1-8-17(6,7)19-14(20)11-18-13-9-15(2,3)12-16(4,5)10-13/h13,18H,8-12H2,1-7H3,(H,19,20). The third kappa shape index (κ3) is 5.82. The Morgan fingerprint density at radius 2 is 1.65 bits per heavy atom. The Balaban J connectivity index is 2.47. The van der Waals surface area contributed by atoms with Gasteiger partial charge in [0.05, 0.1) is 6.54 Å². The van der Waals surface area contributed by atoms with Crippen molar-refractivity contribution < 1.29 is 4.79 Å². The molecule has 0 unspecified atom stereocenters. The van der Waals surface area contributed by atoms with Gasteiger partial charge in [0.15, 0.2) is 0 Å². The van der Waals surface area contributed by atoms with Gasteiger partial charge in [0.25, 0.3) is 0 Å². The predicted octanol–water partition coefficient (Wildman–Crippen LogP) is 3.49. The van der Waals surface area contributed by atoms with E-state index in [1.807, 2.05) is 0 Å². The fraction of sp³-hybridized carbons (Fsp3) is 0.941. The summed E-state index contributed by atoms with van der Waals surface area (Å²) >= 11 is 0. The first-order chi connectivity index (χ1) is 8.95. The van der Waals surface area contributed by atoms with Gasteiger partial charge in [0.1, 0.15) is 0 Å². The molecule has 20 heavy (non-hydrogen) atoms. The Kier molecular flexibility index (Phi) is 5.29. The van der Waals surface area contributed by atoms with Crippen LogP contribution in [0.2, 0.25) is 0 Å². The van der Waals surface area contributed by atoms with Gasteiger partial charge in [-0.15, -0.1) is 0 Å². The highest BCUT2D eigenvalue weighted by Crippen LogP contribution is 2.45. The van der Waals surface area contributed by atoms with Gasteiger partial charge in [0.2, 0.25) is 5.91 Å². The van der Waals surface area contributed by atoms with E-state index >= 15 is 0 Å². The van der Waals surface area contributed by atoms with Crippen LogP contribution in [0, 0.1) is 10.8 Å². The van der Waals surface area contributed by atoms with E-state index in [4.69, 9.17) is 0 Å². The first-order valence-electron chi connectivity index (χ1n) is 7.99. The molecular weight excluding hydrogens is 248 g/mol. The van der Waals surface area contributed by atoms with Crippen LogP contribution >= 0.6 is 0 Å². The van der Waals surface area contributed by atoms with Crippen molar-refractivity contribution in [3.05, 3.63) is 0 Å². The third-order valence-electron chi connectivity index (χ3n) is 4.47. The highest BCUT2D eigenvalue weighted by molar-refractivity contribution is 5.78. The number of nitrogens with one attached hydrogen (secondary N) is 2. The van der Waals surface area contributed by atoms with Crippen molar-refractivity contribution in [3.63, 3.8) is 0 Å². The Morgan fingerprint density at radius 3 is 2.10 bits per heavy atom. The minimum absolute atomic E-state index is 0.107. The molecule has 0 aromatic rings. The second kappa shape index (κ2) is 6.05. The molecule has 3 nitrogen and oxygen atoms in total. The Hall–Kier alpha value is -0.570. The van der Waals surface area contributed by atoms with Gasteiger partial charge in [0, 0.05) is 11.6 Å². The summed E-state index contributed by atoms with van der Waals surface area (Å²) in [6.07, 6.45) is 4.51. The maximum absolute atomic E-state index is 12.0. The van der Waals surface area contributed by atoms with Crippen LogP contribution < -0.4 is 10.6 Å². The molecule has 118 valence electrons. The molecule has 0 aliphatic heterocycles. The lowest BCUT2D eigenvalue weighted by Gasteiger charge is -2.45. The zero-order chi connectivity index (χ0) is 15.6. The van der Waals surface area contributed by atoms with Gasteiger partial charge in [-0.1, -0.05) is 34.6 Å².